The number of rotatable bonds is 6. The van der Waals surface area contributed by atoms with Crippen LogP contribution < -0.4 is 0 Å². The molecule has 0 amide bonds. The van der Waals surface area contributed by atoms with Crippen molar-refractivity contribution in [1.29, 1.82) is 0 Å². The number of methoxy groups -OCH3 is 1. The van der Waals surface area contributed by atoms with Crippen molar-refractivity contribution in [2.45, 2.75) is 12.7 Å². The van der Waals surface area contributed by atoms with Gasteiger partial charge < -0.3 is 9.47 Å². The number of thioether (sulfide) groups is 1. The lowest BCUT2D eigenvalue weighted by Gasteiger charge is -2.06. The molecule has 4 nitrogen and oxygen atoms in total. The summed E-state index contributed by atoms with van der Waals surface area (Å²) in [6, 6.07) is 5.26. The van der Waals surface area contributed by atoms with E-state index in [2.05, 4.69) is 20.7 Å². The second kappa shape index (κ2) is 8.22. The van der Waals surface area contributed by atoms with Gasteiger partial charge in [-0.05, 0) is 24.6 Å². The minimum atomic E-state index is -0.369. The van der Waals surface area contributed by atoms with Crippen molar-refractivity contribution in [3.63, 3.8) is 0 Å². The molecule has 0 bridgehead atoms. The van der Waals surface area contributed by atoms with Gasteiger partial charge in [0.15, 0.2) is 0 Å². The fourth-order valence-electron chi connectivity index (χ4n) is 1.36. The average Bonchev–Trinajstić information content (AvgIpc) is 2.40. The van der Waals surface area contributed by atoms with E-state index in [-0.39, 0.29) is 11.9 Å². The predicted molar refractivity (Wildman–Crippen MR) is 78.3 cm³/mol. The maximum atomic E-state index is 11.3. The largest absolute Gasteiger partial charge is 0.465 e. The molecule has 0 aliphatic carbocycles. The van der Waals surface area contributed by atoms with E-state index in [0.717, 1.165) is 10.0 Å². The third-order valence-electron chi connectivity index (χ3n) is 2.26. The Kier molecular flexibility index (Phi) is 6.94. The number of carbonyl (C=O) groups is 2. The zero-order valence-electron chi connectivity index (χ0n) is 10.8. The second-order valence-electron chi connectivity index (χ2n) is 3.60. The van der Waals surface area contributed by atoms with Gasteiger partial charge in [0.25, 0.3) is 0 Å². The van der Waals surface area contributed by atoms with E-state index >= 15 is 0 Å². The van der Waals surface area contributed by atoms with Gasteiger partial charge in [0.05, 0.1) is 25.0 Å². The van der Waals surface area contributed by atoms with Crippen LogP contribution in [0.2, 0.25) is 0 Å². The normalized spacial score (nSPS) is 10.1. The molecular weight excluding hydrogens is 332 g/mol. The number of hydrogen-bond acceptors (Lipinski definition) is 5. The zero-order valence-corrected chi connectivity index (χ0v) is 13.2. The number of ether oxygens (including phenoxy) is 2. The van der Waals surface area contributed by atoms with Gasteiger partial charge in [-0.2, -0.15) is 0 Å². The van der Waals surface area contributed by atoms with Crippen LogP contribution in [0.15, 0.2) is 22.7 Å². The summed E-state index contributed by atoms with van der Waals surface area (Å²) in [5.74, 6) is 0.404. The van der Waals surface area contributed by atoms with Crippen LogP contribution in [0.25, 0.3) is 0 Å². The Labute approximate surface area is 125 Å². The Bertz CT molecular complexity index is 462. The Morgan fingerprint density at radius 3 is 2.68 bits per heavy atom. The number of esters is 2. The highest BCUT2D eigenvalue weighted by Crippen LogP contribution is 2.23. The van der Waals surface area contributed by atoms with Gasteiger partial charge in [-0.3, -0.25) is 4.79 Å². The van der Waals surface area contributed by atoms with Crippen molar-refractivity contribution in [2.24, 2.45) is 0 Å². The molecule has 0 saturated heterocycles. The van der Waals surface area contributed by atoms with Crippen LogP contribution in [0.3, 0.4) is 0 Å². The summed E-state index contributed by atoms with van der Waals surface area (Å²) in [4.78, 5) is 22.5. The summed E-state index contributed by atoms with van der Waals surface area (Å²) in [6.45, 7) is 2.18. The zero-order chi connectivity index (χ0) is 14.3. The molecule has 0 aliphatic rings. The SMILES string of the molecule is CCOC(=O)CSCc1ccc(C(=O)OC)cc1Br. The topological polar surface area (TPSA) is 52.6 Å². The first-order valence-corrected chi connectivity index (χ1v) is 7.63. The molecule has 0 saturated carbocycles. The van der Waals surface area contributed by atoms with E-state index in [1.807, 2.05) is 6.07 Å². The van der Waals surface area contributed by atoms with Crippen molar-refractivity contribution >= 4 is 39.6 Å². The first-order chi connectivity index (χ1) is 9.08. The van der Waals surface area contributed by atoms with E-state index in [1.54, 1.807) is 19.1 Å². The van der Waals surface area contributed by atoms with Gasteiger partial charge >= 0.3 is 11.9 Å². The minimum absolute atomic E-state index is 0.213. The van der Waals surface area contributed by atoms with Gasteiger partial charge in [-0.1, -0.05) is 22.0 Å². The highest BCUT2D eigenvalue weighted by atomic mass is 79.9. The first-order valence-electron chi connectivity index (χ1n) is 5.68. The van der Waals surface area contributed by atoms with Gasteiger partial charge in [0.2, 0.25) is 0 Å². The molecule has 0 unspecified atom stereocenters. The highest BCUT2D eigenvalue weighted by Gasteiger charge is 2.09. The summed E-state index contributed by atoms with van der Waals surface area (Å²) >= 11 is 4.87. The van der Waals surface area contributed by atoms with Gasteiger partial charge in [-0.25, -0.2) is 4.79 Å². The van der Waals surface area contributed by atoms with Crippen LogP contribution in [0.1, 0.15) is 22.8 Å². The lowest BCUT2D eigenvalue weighted by Crippen LogP contribution is -2.07. The smallest absolute Gasteiger partial charge is 0.337 e. The van der Waals surface area contributed by atoms with Gasteiger partial charge in [0, 0.05) is 10.2 Å². The van der Waals surface area contributed by atoms with Crippen molar-refractivity contribution in [1.82, 2.24) is 0 Å². The molecule has 1 aromatic rings. The van der Waals surface area contributed by atoms with E-state index < -0.39 is 0 Å². The summed E-state index contributed by atoms with van der Waals surface area (Å²) in [5, 5.41) is 0. The van der Waals surface area contributed by atoms with Gasteiger partial charge in [0.1, 0.15) is 0 Å². The maximum Gasteiger partial charge on any atom is 0.337 e. The monoisotopic (exact) mass is 346 g/mol. The summed E-state index contributed by atoms with van der Waals surface area (Å²) in [7, 11) is 1.35. The third kappa shape index (κ3) is 5.24. The van der Waals surface area contributed by atoms with Crippen LogP contribution in [0, 0.1) is 0 Å². The van der Waals surface area contributed by atoms with Crippen molar-refractivity contribution in [3.8, 4) is 0 Å². The van der Waals surface area contributed by atoms with Crippen LogP contribution in [-0.4, -0.2) is 31.4 Å². The summed E-state index contributed by atoms with van der Waals surface area (Å²) in [6.07, 6.45) is 0. The van der Waals surface area contributed by atoms with Crippen LogP contribution in [-0.2, 0) is 20.0 Å². The molecule has 0 spiro atoms. The van der Waals surface area contributed by atoms with E-state index in [9.17, 15) is 9.59 Å². The molecule has 6 heteroatoms. The van der Waals surface area contributed by atoms with Gasteiger partial charge in [-0.15, -0.1) is 11.8 Å². The standard InChI is InChI=1S/C13H15BrO4S/c1-3-18-12(15)8-19-7-10-5-4-9(6-11(10)14)13(16)17-2/h4-6H,3,7-8H2,1-2H3. The highest BCUT2D eigenvalue weighted by molar-refractivity contribution is 9.10. The summed E-state index contributed by atoms with van der Waals surface area (Å²) < 4.78 is 10.3. The van der Waals surface area contributed by atoms with Crippen molar-refractivity contribution < 1.29 is 19.1 Å². The van der Waals surface area contributed by atoms with Crippen LogP contribution in [0.5, 0.6) is 0 Å². The number of carbonyl (C=O) groups excluding carboxylic acids is 2. The van der Waals surface area contributed by atoms with Crippen LogP contribution in [0.4, 0.5) is 0 Å². The fourth-order valence-corrected chi connectivity index (χ4v) is 2.88. The molecule has 0 radical (unpaired) electrons. The molecule has 0 fully saturated rings. The van der Waals surface area contributed by atoms with E-state index in [0.29, 0.717) is 23.7 Å². The first kappa shape index (κ1) is 16.0. The number of benzene rings is 1. The van der Waals surface area contributed by atoms with Crippen LogP contribution >= 0.6 is 27.7 Å². The van der Waals surface area contributed by atoms with E-state index in [4.69, 9.17) is 4.74 Å². The van der Waals surface area contributed by atoms with E-state index in [1.165, 1.54) is 18.9 Å². The van der Waals surface area contributed by atoms with Crippen molar-refractivity contribution in [2.75, 3.05) is 19.5 Å². The predicted octanol–water partition coefficient (Wildman–Crippen LogP) is 3.03. The number of hydrogen-bond donors (Lipinski definition) is 0. The Hall–Kier alpha value is -1.01. The molecule has 0 aliphatic heterocycles. The molecule has 1 aromatic carbocycles. The number of halogens is 1. The Balaban J connectivity index is 2.56. The fraction of sp³-hybridized carbons (Fsp3) is 0.385. The second-order valence-corrected chi connectivity index (χ2v) is 5.44. The molecular formula is C13H15BrO4S. The molecule has 0 aromatic heterocycles. The molecule has 0 N–H and O–H groups in total. The lowest BCUT2D eigenvalue weighted by molar-refractivity contribution is -0.139. The maximum absolute atomic E-state index is 11.3. The lowest BCUT2D eigenvalue weighted by atomic mass is 10.1. The minimum Gasteiger partial charge on any atom is -0.465 e. The summed E-state index contributed by atoms with van der Waals surface area (Å²) in [5.41, 5.74) is 1.51. The van der Waals surface area contributed by atoms with Crippen molar-refractivity contribution in [3.05, 3.63) is 33.8 Å². The molecule has 0 atom stereocenters. The molecule has 19 heavy (non-hydrogen) atoms. The Morgan fingerprint density at radius 2 is 2.11 bits per heavy atom. The quantitative estimate of drug-likeness (QED) is 0.741. The molecule has 0 heterocycles. The third-order valence-corrected chi connectivity index (χ3v) is 3.95. The molecule has 1 rings (SSSR count). The average molecular weight is 347 g/mol. The Morgan fingerprint density at radius 1 is 1.37 bits per heavy atom. The molecule has 104 valence electrons.